The Morgan fingerprint density at radius 2 is 2.12 bits per heavy atom. The second-order valence-electron chi connectivity index (χ2n) is 8.91. The number of rotatable bonds is 11. The third-order valence-electron chi connectivity index (χ3n) is 4.83. The van der Waals surface area contributed by atoms with Crippen molar-refractivity contribution in [3.05, 3.63) is 29.0 Å². The molecule has 1 aliphatic heterocycles. The van der Waals surface area contributed by atoms with Gasteiger partial charge in [0.15, 0.2) is 0 Å². The summed E-state index contributed by atoms with van der Waals surface area (Å²) in [5, 5.41) is 9.41. The van der Waals surface area contributed by atoms with E-state index in [1.54, 1.807) is 33.0 Å². The Morgan fingerprint density at radius 3 is 2.75 bits per heavy atom. The van der Waals surface area contributed by atoms with Gasteiger partial charge >= 0.3 is 16.3 Å². The minimum Gasteiger partial charge on any atom is -0.465 e. The molecule has 180 valence electrons. The number of aromatic nitrogens is 1. The van der Waals surface area contributed by atoms with Gasteiger partial charge in [-0.25, -0.2) is 9.78 Å². The number of nitrogens with one attached hydrogen (secondary N) is 1. The fraction of sp³-hybridized carbons (Fsp3) is 0.667. The number of carbonyl (C=O) groups is 1. The summed E-state index contributed by atoms with van der Waals surface area (Å²) in [6.45, 7) is 6.67. The maximum absolute atomic E-state index is 12.5. The Bertz CT molecular complexity index is 902. The smallest absolute Gasteiger partial charge is 0.407 e. The molecule has 1 saturated heterocycles. The summed E-state index contributed by atoms with van der Waals surface area (Å²) < 4.78 is 37.3. The van der Waals surface area contributed by atoms with Crippen molar-refractivity contribution < 1.29 is 23.1 Å². The van der Waals surface area contributed by atoms with Gasteiger partial charge < -0.3 is 14.7 Å². The largest absolute Gasteiger partial charge is 0.465 e. The van der Waals surface area contributed by atoms with Gasteiger partial charge in [0, 0.05) is 30.6 Å². The van der Waals surface area contributed by atoms with E-state index < -0.39 is 21.8 Å². The van der Waals surface area contributed by atoms with Crippen LogP contribution in [0.25, 0.3) is 0 Å². The van der Waals surface area contributed by atoms with Gasteiger partial charge in [-0.15, -0.1) is 0 Å². The first kappa shape index (κ1) is 26.5. The molecular formula is C21H33ClN4O5S. The number of hydrogen-bond donors (Lipinski definition) is 2. The number of likely N-dealkylation sites (tertiary alicyclic amines) is 1. The van der Waals surface area contributed by atoms with Gasteiger partial charge in [-0.1, -0.05) is 17.7 Å². The van der Waals surface area contributed by atoms with E-state index in [2.05, 4.69) is 14.1 Å². The van der Waals surface area contributed by atoms with E-state index in [0.29, 0.717) is 62.7 Å². The first-order chi connectivity index (χ1) is 15.0. The van der Waals surface area contributed by atoms with Gasteiger partial charge in [0.25, 0.3) is 0 Å². The quantitative estimate of drug-likeness (QED) is 0.278. The molecule has 2 rings (SSSR count). The number of amides is 1. The average molecular weight is 489 g/mol. The topological polar surface area (TPSA) is 121 Å². The molecule has 0 bridgehead atoms. The first-order valence-electron chi connectivity index (χ1n) is 10.8. The van der Waals surface area contributed by atoms with Gasteiger partial charge in [0.2, 0.25) is 0 Å². The Balaban J connectivity index is 1.90. The van der Waals surface area contributed by atoms with Crippen LogP contribution in [-0.2, 0) is 21.4 Å². The van der Waals surface area contributed by atoms with Crippen molar-refractivity contribution in [3.63, 3.8) is 0 Å². The molecule has 1 unspecified atom stereocenters. The summed E-state index contributed by atoms with van der Waals surface area (Å²) in [5.41, 5.74) is 0.786. The predicted octanol–water partition coefficient (Wildman–Crippen LogP) is 3.68. The van der Waals surface area contributed by atoms with Crippen molar-refractivity contribution in [3.8, 4) is 0 Å². The minimum absolute atomic E-state index is 0.0803. The van der Waals surface area contributed by atoms with Crippen molar-refractivity contribution in [2.75, 3.05) is 19.7 Å². The normalized spacial score (nSPS) is 17.7. The number of hydrogen-bond acceptors (Lipinski definition) is 5. The van der Waals surface area contributed by atoms with Crippen molar-refractivity contribution in [2.24, 2.45) is 4.40 Å². The summed E-state index contributed by atoms with van der Waals surface area (Å²) >= 11 is 6.13. The van der Waals surface area contributed by atoms with E-state index in [1.807, 2.05) is 6.07 Å². The lowest BCUT2D eigenvalue weighted by molar-refractivity contribution is 0.0565. The first-order valence-corrected chi connectivity index (χ1v) is 12.6. The number of carboxylic acid groups (broad SMARTS) is 1. The Hall–Kier alpha value is -1.75. The molecule has 11 heteroatoms. The summed E-state index contributed by atoms with van der Waals surface area (Å²) in [7, 11) is -3.83. The van der Waals surface area contributed by atoms with Crippen molar-refractivity contribution in [1.82, 2.24) is 14.6 Å². The highest BCUT2D eigenvalue weighted by atomic mass is 35.5. The van der Waals surface area contributed by atoms with Gasteiger partial charge in [-0.2, -0.15) is 17.5 Å². The van der Waals surface area contributed by atoms with E-state index in [1.165, 1.54) is 4.90 Å². The summed E-state index contributed by atoms with van der Waals surface area (Å²) in [6.07, 6.45) is 4.24. The highest BCUT2D eigenvalue weighted by Gasteiger charge is 2.26. The second-order valence-corrected chi connectivity index (χ2v) is 10.6. The molecule has 1 fully saturated rings. The zero-order valence-electron chi connectivity index (χ0n) is 18.9. The summed E-state index contributed by atoms with van der Waals surface area (Å²) in [4.78, 5) is 16.4. The maximum Gasteiger partial charge on any atom is 0.407 e. The number of nitrogens with zero attached hydrogens (tertiary/aromatic N) is 3. The van der Waals surface area contributed by atoms with Gasteiger partial charge in [0.05, 0.1) is 12.6 Å². The molecule has 1 aromatic heterocycles. The zero-order valence-corrected chi connectivity index (χ0v) is 20.5. The van der Waals surface area contributed by atoms with Crippen LogP contribution in [0.3, 0.4) is 0 Å². The Morgan fingerprint density at radius 1 is 1.38 bits per heavy atom. The third-order valence-corrected chi connectivity index (χ3v) is 6.54. The van der Waals surface area contributed by atoms with Crippen LogP contribution in [0.5, 0.6) is 0 Å². The average Bonchev–Trinajstić information content (AvgIpc) is 3.14. The van der Waals surface area contributed by atoms with Crippen LogP contribution in [0, 0.1) is 0 Å². The van der Waals surface area contributed by atoms with Crippen LogP contribution in [0.2, 0.25) is 5.15 Å². The lowest BCUT2D eigenvalue weighted by Crippen LogP contribution is -2.39. The van der Waals surface area contributed by atoms with E-state index >= 15 is 0 Å². The van der Waals surface area contributed by atoms with Crippen LogP contribution in [0.15, 0.2) is 22.7 Å². The number of halogens is 1. The van der Waals surface area contributed by atoms with Gasteiger partial charge in [0.1, 0.15) is 5.15 Å². The highest BCUT2D eigenvalue weighted by molar-refractivity contribution is 7.88. The van der Waals surface area contributed by atoms with E-state index in [4.69, 9.17) is 21.4 Å². The van der Waals surface area contributed by atoms with Gasteiger partial charge in [-0.3, -0.25) is 0 Å². The standard InChI is InChI=1S/C21H33ClN4O5S/c1-21(2,3)25-32(29,30)24-17(10-9-16-7-6-12-23-19(16)22)8-4-5-14-31-18-11-13-26(15-18)20(27)28/h6-7,12,18,25H,4-5,8-11,13-15H2,1-3H3,(H,27,28). The predicted molar refractivity (Wildman–Crippen MR) is 125 cm³/mol. The van der Waals surface area contributed by atoms with Crippen molar-refractivity contribution in [2.45, 2.75) is 70.9 Å². The molecule has 9 nitrogen and oxygen atoms in total. The fourth-order valence-electron chi connectivity index (χ4n) is 3.40. The number of ether oxygens (including phenoxy) is 1. The zero-order chi connectivity index (χ0) is 23.8. The molecule has 1 amide bonds. The van der Waals surface area contributed by atoms with Crippen LogP contribution in [-0.4, -0.2) is 66.6 Å². The number of unbranched alkanes of at least 4 members (excludes halogenated alkanes) is 1. The highest BCUT2D eigenvalue weighted by Crippen LogP contribution is 2.17. The SMILES string of the molecule is CC(C)(C)NS(=O)(=O)N=C(CCCCOC1CCN(C(=O)O)C1)CCc1cccnc1Cl. The monoisotopic (exact) mass is 488 g/mol. The number of pyridine rings is 1. The lowest BCUT2D eigenvalue weighted by atomic mass is 10.0. The Kier molecular flexibility index (Phi) is 9.87. The van der Waals surface area contributed by atoms with Crippen LogP contribution in [0.4, 0.5) is 4.79 Å². The van der Waals surface area contributed by atoms with Crippen LogP contribution in [0.1, 0.15) is 58.4 Å². The van der Waals surface area contributed by atoms with E-state index in [0.717, 1.165) is 12.0 Å². The Labute approximate surface area is 195 Å². The molecule has 1 aliphatic rings. The molecular weight excluding hydrogens is 456 g/mol. The molecule has 1 aromatic rings. The molecule has 0 radical (unpaired) electrons. The third kappa shape index (κ3) is 9.81. The van der Waals surface area contributed by atoms with E-state index in [9.17, 15) is 13.2 Å². The van der Waals surface area contributed by atoms with Gasteiger partial charge in [-0.05, 0) is 70.9 Å². The molecule has 32 heavy (non-hydrogen) atoms. The molecule has 0 spiro atoms. The van der Waals surface area contributed by atoms with Crippen molar-refractivity contribution >= 4 is 33.6 Å². The lowest BCUT2D eigenvalue weighted by Gasteiger charge is -2.19. The molecule has 0 aromatic carbocycles. The molecule has 0 aliphatic carbocycles. The molecule has 2 N–H and O–H groups in total. The molecule has 1 atom stereocenters. The molecule has 2 heterocycles. The van der Waals surface area contributed by atoms with Crippen molar-refractivity contribution in [1.29, 1.82) is 0 Å². The van der Waals surface area contributed by atoms with Crippen LogP contribution < -0.4 is 4.72 Å². The fourth-order valence-corrected chi connectivity index (χ4v) is 4.96. The summed E-state index contributed by atoms with van der Waals surface area (Å²) in [6, 6.07) is 3.66. The van der Waals surface area contributed by atoms with Crippen LogP contribution >= 0.6 is 11.6 Å². The van der Waals surface area contributed by atoms with E-state index in [-0.39, 0.29) is 6.10 Å². The second kappa shape index (κ2) is 11.9. The number of aryl methyl sites for hydroxylation is 1. The molecule has 0 saturated carbocycles. The summed E-state index contributed by atoms with van der Waals surface area (Å²) in [5.74, 6) is 0. The minimum atomic E-state index is -3.83. The maximum atomic E-state index is 12.5.